The van der Waals surface area contributed by atoms with Gasteiger partial charge < -0.3 is 14.2 Å². The van der Waals surface area contributed by atoms with Gasteiger partial charge >= 0.3 is 0 Å². The number of amides is 1. The summed E-state index contributed by atoms with van der Waals surface area (Å²) in [5.41, 5.74) is 0.813. The van der Waals surface area contributed by atoms with Gasteiger partial charge in [0.2, 0.25) is 0 Å². The van der Waals surface area contributed by atoms with Crippen LogP contribution in [0.1, 0.15) is 34.8 Å². The van der Waals surface area contributed by atoms with Crippen LogP contribution in [0.25, 0.3) is 0 Å². The maximum atomic E-state index is 14.3. The molecule has 1 atom stereocenters. The molecule has 0 N–H and O–H groups in total. The van der Waals surface area contributed by atoms with Gasteiger partial charge in [-0.05, 0) is 44.2 Å². The minimum absolute atomic E-state index is 0.0803. The van der Waals surface area contributed by atoms with Gasteiger partial charge in [0, 0.05) is 31.2 Å². The number of anilines is 1. The Morgan fingerprint density at radius 2 is 2.04 bits per heavy atom. The lowest BCUT2D eigenvalue weighted by Gasteiger charge is -2.40. The summed E-state index contributed by atoms with van der Waals surface area (Å²) in [6.45, 7) is 4.86. The molecule has 2 heterocycles. The van der Waals surface area contributed by atoms with Crippen LogP contribution in [-0.2, 0) is 0 Å². The van der Waals surface area contributed by atoms with Crippen LogP contribution in [0.15, 0.2) is 41.0 Å². The lowest BCUT2D eigenvalue weighted by molar-refractivity contribution is 0.0641. The molecule has 5 nitrogen and oxygen atoms in total. The molecule has 0 aliphatic carbocycles. The quantitative estimate of drug-likeness (QED) is 0.812. The van der Waals surface area contributed by atoms with Crippen LogP contribution in [-0.4, -0.2) is 42.3 Å². The topological polar surface area (TPSA) is 53.8 Å². The van der Waals surface area contributed by atoms with E-state index >= 15 is 0 Å². The van der Waals surface area contributed by atoms with Crippen LogP contribution in [0.3, 0.4) is 0 Å². The number of benzene rings is 1. The molecule has 1 aliphatic heterocycles. The molecule has 1 aromatic heterocycles. The second-order valence-electron chi connectivity index (χ2n) is 5.99. The fourth-order valence-corrected chi connectivity index (χ4v) is 3.00. The molecule has 6 heteroatoms. The first-order chi connectivity index (χ1) is 11.5. The van der Waals surface area contributed by atoms with Crippen molar-refractivity contribution in [1.29, 1.82) is 0 Å². The Labute approximate surface area is 139 Å². The fraction of sp³-hybridized carbons (Fsp3) is 0.333. The number of hydrogen-bond acceptors (Lipinski definition) is 4. The van der Waals surface area contributed by atoms with E-state index in [2.05, 4.69) is 0 Å². The van der Waals surface area contributed by atoms with Crippen molar-refractivity contribution < 1.29 is 18.4 Å². The third-order valence-corrected chi connectivity index (χ3v) is 4.32. The SMILES string of the molecule is CC(=O)c1ccc(N2CCN(C(=O)c3ccco3)[C@@H](C)C2)c(F)c1. The minimum atomic E-state index is -0.416. The van der Waals surface area contributed by atoms with Crippen LogP contribution in [0.5, 0.6) is 0 Å². The van der Waals surface area contributed by atoms with E-state index in [1.54, 1.807) is 29.2 Å². The van der Waals surface area contributed by atoms with E-state index in [0.717, 1.165) is 0 Å². The number of carbonyl (C=O) groups excluding carboxylic acids is 2. The van der Waals surface area contributed by atoms with Crippen molar-refractivity contribution in [3.05, 3.63) is 53.7 Å². The molecule has 1 amide bonds. The van der Waals surface area contributed by atoms with Crippen molar-refractivity contribution in [3.8, 4) is 0 Å². The number of furan rings is 1. The normalized spacial score (nSPS) is 17.9. The third-order valence-electron chi connectivity index (χ3n) is 4.32. The Hall–Kier alpha value is -2.63. The van der Waals surface area contributed by atoms with Gasteiger partial charge in [-0.25, -0.2) is 4.39 Å². The zero-order valence-electron chi connectivity index (χ0n) is 13.7. The maximum absolute atomic E-state index is 14.3. The molecular weight excluding hydrogens is 311 g/mol. The summed E-state index contributed by atoms with van der Waals surface area (Å²) in [5, 5.41) is 0. The number of nitrogens with zero attached hydrogens (tertiary/aromatic N) is 2. The molecule has 2 aromatic rings. The number of hydrogen-bond donors (Lipinski definition) is 0. The predicted octanol–water partition coefficient (Wildman–Crippen LogP) is 2.97. The number of halogens is 1. The summed E-state index contributed by atoms with van der Waals surface area (Å²) in [7, 11) is 0. The average molecular weight is 330 g/mol. The Kier molecular flexibility index (Phi) is 4.38. The summed E-state index contributed by atoms with van der Waals surface area (Å²) < 4.78 is 19.5. The number of rotatable bonds is 3. The van der Waals surface area contributed by atoms with Gasteiger partial charge in [0.15, 0.2) is 11.5 Å². The van der Waals surface area contributed by atoms with Crippen LogP contribution in [0.4, 0.5) is 10.1 Å². The summed E-state index contributed by atoms with van der Waals surface area (Å²) in [5.74, 6) is -0.421. The van der Waals surface area contributed by atoms with Crippen molar-refractivity contribution >= 4 is 17.4 Å². The highest BCUT2D eigenvalue weighted by Crippen LogP contribution is 2.24. The lowest BCUT2D eigenvalue weighted by atomic mass is 10.1. The van der Waals surface area contributed by atoms with Crippen molar-refractivity contribution in [1.82, 2.24) is 4.90 Å². The maximum Gasteiger partial charge on any atom is 0.289 e. The molecule has 1 fully saturated rings. The predicted molar refractivity (Wildman–Crippen MR) is 87.8 cm³/mol. The number of Topliss-reactive ketones (excluding diaryl/α,β-unsaturated/α-hetero) is 1. The van der Waals surface area contributed by atoms with Crippen LogP contribution >= 0.6 is 0 Å². The molecule has 1 aliphatic rings. The summed E-state index contributed by atoms with van der Waals surface area (Å²) >= 11 is 0. The van der Waals surface area contributed by atoms with Gasteiger partial charge in [-0.3, -0.25) is 9.59 Å². The summed E-state index contributed by atoms with van der Waals surface area (Å²) in [6, 6.07) is 7.77. The first-order valence-electron chi connectivity index (χ1n) is 7.87. The van der Waals surface area contributed by atoms with Crippen LogP contribution < -0.4 is 4.90 Å². The molecule has 1 aromatic carbocycles. The van der Waals surface area contributed by atoms with Gasteiger partial charge in [-0.15, -0.1) is 0 Å². The van der Waals surface area contributed by atoms with E-state index in [-0.39, 0.29) is 17.7 Å². The Bertz CT molecular complexity index is 758. The highest BCUT2D eigenvalue weighted by atomic mass is 19.1. The van der Waals surface area contributed by atoms with Crippen molar-refractivity contribution in [2.75, 3.05) is 24.5 Å². The zero-order chi connectivity index (χ0) is 17.3. The van der Waals surface area contributed by atoms with Crippen molar-refractivity contribution in [2.45, 2.75) is 19.9 Å². The van der Waals surface area contributed by atoms with Gasteiger partial charge in [-0.2, -0.15) is 0 Å². The molecule has 0 unspecified atom stereocenters. The highest BCUT2D eigenvalue weighted by molar-refractivity contribution is 5.94. The van der Waals surface area contributed by atoms with Crippen molar-refractivity contribution in [3.63, 3.8) is 0 Å². The molecule has 126 valence electrons. The Morgan fingerprint density at radius 1 is 1.25 bits per heavy atom. The number of carbonyl (C=O) groups is 2. The van der Waals surface area contributed by atoms with E-state index in [4.69, 9.17) is 4.42 Å². The highest BCUT2D eigenvalue weighted by Gasteiger charge is 2.30. The molecule has 0 saturated carbocycles. The lowest BCUT2D eigenvalue weighted by Crippen LogP contribution is -2.54. The van der Waals surface area contributed by atoms with E-state index in [1.165, 1.54) is 19.3 Å². The number of piperazine rings is 1. The van der Waals surface area contributed by atoms with Gasteiger partial charge in [0.25, 0.3) is 5.91 Å². The second kappa shape index (κ2) is 6.47. The molecule has 0 radical (unpaired) electrons. The molecule has 0 spiro atoms. The molecule has 0 bridgehead atoms. The monoisotopic (exact) mass is 330 g/mol. The van der Waals surface area contributed by atoms with E-state index < -0.39 is 5.82 Å². The number of ketones is 1. The second-order valence-corrected chi connectivity index (χ2v) is 5.99. The zero-order valence-corrected chi connectivity index (χ0v) is 13.7. The third kappa shape index (κ3) is 3.04. The summed E-state index contributed by atoms with van der Waals surface area (Å²) in [4.78, 5) is 27.4. The van der Waals surface area contributed by atoms with E-state index in [9.17, 15) is 14.0 Å². The van der Waals surface area contributed by atoms with Gasteiger partial charge in [0.05, 0.1) is 12.0 Å². The standard InChI is InChI=1S/C18H19FN2O3/c1-12-11-20(16-6-5-14(13(2)22)10-15(16)19)7-8-21(12)18(23)17-4-3-9-24-17/h3-6,9-10,12H,7-8,11H2,1-2H3/t12-/m0/s1. The largest absolute Gasteiger partial charge is 0.459 e. The van der Waals surface area contributed by atoms with E-state index in [1.807, 2.05) is 11.8 Å². The molecule has 3 rings (SSSR count). The first-order valence-corrected chi connectivity index (χ1v) is 7.87. The minimum Gasteiger partial charge on any atom is -0.459 e. The molecule has 1 saturated heterocycles. The van der Waals surface area contributed by atoms with Crippen molar-refractivity contribution in [2.24, 2.45) is 0 Å². The Morgan fingerprint density at radius 3 is 2.62 bits per heavy atom. The first kappa shape index (κ1) is 16.2. The average Bonchev–Trinajstić information content (AvgIpc) is 3.08. The van der Waals surface area contributed by atoms with E-state index in [0.29, 0.717) is 36.6 Å². The van der Waals surface area contributed by atoms with Crippen LogP contribution in [0, 0.1) is 5.82 Å². The smallest absolute Gasteiger partial charge is 0.289 e. The molecular formula is C18H19FN2O3. The molecule has 24 heavy (non-hydrogen) atoms. The van der Waals surface area contributed by atoms with Crippen LogP contribution in [0.2, 0.25) is 0 Å². The van der Waals surface area contributed by atoms with Gasteiger partial charge in [-0.1, -0.05) is 0 Å². The van der Waals surface area contributed by atoms with Gasteiger partial charge in [0.1, 0.15) is 5.82 Å². The summed E-state index contributed by atoms with van der Waals surface area (Å²) in [6.07, 6.45) is 1.47. The fourth-order valence-electron chi connectivity index (χ4n) is 3.00. The Balaban J connectivity index is 1.74.